The highest BCUT2D eigenvalue weighted by atomic mass is 32.2. The van der Waals surface area contributed by atoms with Gasteiger partial charge in [0.2, 0.25) is 5.91 Å². The second-order valence-corrected chi connectivity index (χ2v) is 10.5. The van der Waals surface area contributed by atoms with Crippen LogP contribution in [-0.2, 0) is 24.8 Å². The van der Waals surface area contributed by atoms with Crippen molar-refractivity contribution in [3.63, 3.8) is 0 Å². The van der Waals surface area contributed by atoms with Gasteiger partial charge < -0.3 is 5.32 Å². The fourth-order valence-electron chi connectivity index (χ4n) is 3.22. The Labute approximate surface area is 196 Å². The van der Waals surface area contributed by atoms with E-state index < -0.39 is 26.0 Å². The van der Waals surface area contributed by atoms with Gasteiger partial charge in [0.25, 0.3) is 26.0 Å². The molecule has 3 aromatic carbocycles. The molecule has 174 valence electrons. The average molecular weight is 499 g/mol. The summed E-state index contributed by atoms with van der Waals surface area (Å²) in [4.78, 5) is 24.1. The Kier molecular flexibility index (Phi) is 5.94. The van der Waals surface area contributed by atoms with E-state index in [1.807, 2.05) is 0 Å². The summed E-state index contributed by atoms with van der Waals surface area (Å²) >= 11 is 0. The van der Waals surface area contributed by atoms with Crippen LogP contribution in [0.15, 0.2) is 93.1 Å². The molecule has 0 radical (unpaired) electrons. The molecule has 3 aromatic rings. The van der Waals surface area contributed by atoms with Gasteiger partial charge in [0.05, 0.1) is 4.90 Å². The SMILES string of the molecule is CC(=O)Nc1ccc(S(=O)(=O)N(NC2=NS(=O)(=O)c3ccccc32)C(=O)c2ccccc2)cc1. The molecule has 2 N–H and O–H groups in total. The van der Waals surface area contributed by atoms with E-state index in [4.69, 9.17) is 0 Å². The van der Waals surface area contributed by atoms with Gasteiger partial charge in [-0.05, 0) is 48.5 Å². The number of hydrogen-bond acceptors (Lipinski definition) is 7. The molecule has 0 aromatic heterocycles. The zero-order chi connectivity index (χ0) is 24.5. The van der Waals surface area contributed by atoms with Crippen LogP contribution < -0.4 is 10.7 Å². The number of carbonyl (C=O) groups excluding carboxylic acids is 2. The van der Waals surface area contributed by atoms with Crippen molar-refractivity contribution in [2.75, 3.05) is 5.32 Å². The van der Waals surface area contributed by atoms with Gasteiger partial charge in [0.1, 0.15) is 4.90 Å². The van der Waals surface area contributed by atoms with Crippen molar-refractivity contribution in [3.8, 4) is 0 Å². The highest BCUT2D eigenvalue weighted by Crippen LogP contribution is 2.26. The first-order chi connectivity index (χ1) is 16.1. The number of carbonyl (C=O) groups is 2. The van der Waals surface area contributed by atoms with Gasteiger partial charge in [-0.3, -0.25) is 15.0 Å². The lowest BCUT2D eigenvalue weighted by atomic mass is 10.2. The Morgan fingerprint density at radius 2 is 1.50 bits per heavy atom. The molecule has 0 fully saturated rings. The van der Waals surface area contributed by atoms with E-state index >= 15 is 0 Å². The predicted octanol–water partition coefficient (Wildman–Crippen LogP) is 2.13. The molecule has 0 unspecified atom stereocenters. The summed E-state index contributed by atoms with van der Waals surface area (Å²) in [5, 5.41) is 2.52. The van der Waals surface area contributed by atoms with E-state index in [2.05, 4.69) is 15.1 Å². The van der Waals surface area contributed by atoms with Crippen LogP contribution in [0, 0.1) is 0 Å². The van der Waals surface area contributed by atoms with Gasteiger partial charge in [-0.15, -0.1) is 8.81 Å². The maximum atomic E-state index is 13.5. The number of fused-ring (bicyclic) bond motifs is 1. The molecule has 0 aliphatic carbocycles. The lowest BCUT2D eigenvalue weighted by molar-refractivity contribution is -0.114. The number of benzene rings is 3. The van der Waals surface area contributed by atoms with E-state index in [1.165, 1.54) is 61.5 Å². The molecule has 0 spiro atoms. The minimum absolute atomic E-state index is 0.0446. The molecule has 12 heteroatoms. The first-order valence-electron chi connectivity index (χ1n) is 9.83. The van der Waals surface area contributed by atoms with Crippen LogP contribution >= 0.6 is 0 Å². The number of hydrogen-bond donors (Lipinski definition) is 2. The molecule has 2 amide bonds. The number of sulfonamides is 2. The molecular formula is C22H18N4O6S2. The Morgan fingerprint density at radius 1 is 0.882 bits per heavy atom. The van der Waals surface area contributed by atoms with Crippen LogP contribution in [0.2, 0.25) is 0 Å². The van der Waals surface area contributed by atoms with Crippen LogP contribution in [0.5, 0.6) is 0 Å². The monoisotopic (exact) mass is 498 g/mol. The minimum Gasteiger partial charge on any atom is -0.326 e. The Morgan fingerprint density at radius 3 is 2.15 bits per heavy atom. The Hall–Kier alpha value is -4.03. The lowest BCUT2D eigenvalue weighted by Gasteiger charge is -2.24. The maximum Gasteiger partial charge on any atom is 0.286 e. The summed E-state index contributed by atoms with van der Waals surface area (Å²) in [6.07, 6.45) is 0. The third-order valence-corrected chi connectivity index (χ3v) is 7.70. The highest BCUT2D eigenvalue weighted by Gasteiger charge is 2.36. The highest BCUT2D eigenvalue weighted by molar-refractivity contribution is 7.91. The van der Waals surface area contributed by atoms with Crippen LogP contribution in [-0.4, -0.2) is 38.9 Å². The first kappa shape index (κ1) is 23.1. The molecule has 1 aliphatic heterocycles. The fourth-order valence-corrected chi connectivity index (χ4v) is 5.61. The summed E-state index contributed by atoms with van der Waals surface area (Å²) in [5.41, 5.74) is 2.94. The average Bonchev–Trinajstić information content (AvgIpc) is 3.07. The maximum absolute atomic E-state index is 13.5. The number of rotatable bonds is 4. The summed E-state index contributed by atoms with van der Waals surface area (Å²) in [6, 6.07) is 18.7. The number of amidine groups is 1. The number of nitrogens with one attached hydrogen (secondary N) is 2. The Bertz CT molecular complexity index is 1520. The van der Waals surface area contributed by atoms with Gasteiger partial charge in [0.15, 0.2) is 5.84 Å². The molecule has 0 saturated heterocycles. The van der Waals surface area contributed by atoms with Crippen molar-refractivity contribution >= 4 is 43.4 Å². The Balaban J connectivity index is 1.78. The van der Waals surface area contributed by atoms with E-state index in [1.54, 1.807) is 24.3 Å². The van der Waals surface area contributed by atoms with Crippen LogP contribution in [0.3, 0.4) is 0 Å². The quantitative estimate of drug-likeness (QED) is 0.525. The zero-order valence-electron chi connectivity index (χ0n) is 17.7. The van der Waals surface area contributed by atoms with Gasteiger partial charge in [-0.2, -0.15) is 16.8 Å². The summed E-state index contributed by atoms with van der Waals surface area (Å²) < 4.78 is 55.8. The molecule has 0 atom stereocenters. The van der Waals surface area contributed by atoms with Gasteiger partial charge >= 0.3 is 0 Å². The number of hydrazine groups is 1. The summed E-state index contributed by atoms with van der Waals surface area (Å²) in [6.45, 7) is 1.31. The van der Waals surface area contributed by atoms with E-state index in [0.717, 1.165) is 0 Å². The zero-order valence-corrected chi connectivity index (χ0v) is 19.3. The number of anilines is 1. The van der Waals surface area contributed by atoms with Gasteiger partial charge in [-0.1, -0.05) is 30.3 Å². The second-order valence-electron chi connectivity index (χ2n) is 7.17. The van der Waals surface area contributed by atoms with Crippen LogP contribution in [0.4, 0.5) is 5.69 Å². The van der Waals surface area contributed by atoms with E-state index in [9.17, 15) is 26.4 Å². The van der Waals surface area contributed by atoms with E-state index in [-0.39, 0.29) is 32.7 Å². The van der Waals surface area contributed by atoms with Crippen molar-refractivity contribution in [2.24, 2.45) is 4.40 Å². The van der Waals surface area contributed by atoms with Gasteiger partial charge in [0, 0.05) is 23.7 Å². The minimum atomic E-state index is -4.54. The largest absolute Gasteiger partial charge is 0.326 e. The van der Waals surface area contributed by atoms with Crippen molar-refractivity contribution in [2.45, 2.75) is 16.7 Å². The predicted molar refractivity (Wildman–Crippen MR) is 124 cm³/mol. The normalized spacial score (nSPS) is 14.0. The topological polar surface area (TPSA) is 142 Å². The van der Waals surface area contributed by atoms with Crippen molar-refractivity contribution < 1.29 is 26.4 Å². The smallest absolute Gasteiger partial charge is 0.286 e. The van der Waals surface area contributed by atoms with Gasteiger partial charge in [-0.25, -0.2) is 0 Å². The third kappa shape index (κ3) is 4.40. The molecule has 1 aliphatic rings. The molecule has 0 bridgehead atoms. The molecule has 0 saturated carbocycles. The standard InChI is InChI=1S/C22H18N4O6S2/c1-15(27)23-17-11-13-18(14-12-17)34(31,32)26(22(28)16-7-3-2-4-8-16)24-21-19-9-5-6-10-20(19)33(29,30)25-21/h2-14H,1H3,(H,23,27)(H,24,25). The number of amides is 2. The first-order valence-corrected chi connectivity index (χ1v) is 12.7. The molecule has 4 rings (SSSR count). The summed E-state index contributed by atoms with van der Waals surface area (Å²) in [5.74, 6) is -1.59. The third-order valence-electron chi connectivity index (χ3n) is 4.76. The number of nitrogens with zero attached hydrogens (tertiary/aromatic N) is 2. The second kappa shape index (κ2) is 8.72. The van der Waals surface area contributed by atoms with Crippen LogP contribution in [0.25, 0.3) is 0 Å². The molecule has 10 nitrogen and oxygen atoms in total. The summed E-state index contributed by atoms with van der Waals surface area (Å²) in [7, 11) is -8.60. The van der Waals surface area contributed by atoms with Crippen molar-refractivity contribution in [1.29, 1.82) is 0 Å². The molecular weight excluding hydrogens is 480 g/mol. The molecule has 1 heterocycles. The van der Waals surface area contributed by atoms with Crippen LogP contribution in [0.1, 0.15) is 22.8 Å². The molecule has 34 heavy (non-hydrogen) atoms. The van der Waals surface area contributed by atoms with Crippen molar-refractivity contribution in [1.82, 2.24) is 9.84 Å². The lowest BCUT2D eigenvalue weighted by Crippen LogP contribution is -2.49. The van der Waals surface area contributed by atoms with Crippen molar-refractivity contribution in [3.05, 3.63) is 90.0 Å². The van der Waals surface area contributed by atoms with E-state index in [0.29, 0.717) is 10.1 Å². The fraction of sp³-hybridized carbons (Fsp3) is 0.0455.